The van der Waals surface area contributed by atoms with Gasteiger partial charge < -0.3 is 5.32 Å². The fourth-order valence-electron chi connectivity index (χ4n) is 15.7. The van der Waals surface area contributed by atoms with Crippen molar-refractivity contribution in [3.05, 3.63) is 83.3 Å². The van der Waals surface area contributed by atoms with E-state index >= 15 is 0 Å². The van der Waals surface area contributed by atoms with Crippen molar-refractivity contribution in [3.63, 3.8) is 0 Å². The van der Waals surface area contributed by atoms with Crippen LogP contribution in [0.25, 0.3) is 21.5 Å². The van der Waals surface area contributed by atoms with Crippen LogP contribution in [0.4, 0.5) is 5.69 Å². The summed E-state index contributed by atoms with van der Waals surface area (Å²) in [6.07, 6.45) is 3.65. The van der Waals surface area contributed by atoms with Crippen molar-refractivity contribution in [1.29, 1.82) is 0 Å². The molecule has 81 heavy (non-hydrogen) atoms. The minimum Gasteiger partial charge on any atom is -0.384 e. The van der Waals surface area contributed by atoms with E-state index in [1.807, 2.05) is 0 Å². The van der Waals surface area contributed by atoms with Gasteiger partial charge in [-0.3, -0.25) is 0 Å². The van der Waals surface area contributed by atoms with Crippen LogP contribution >= 0.6 is 31.9 Å². The van der Waals surface area contributed by atoms with Crippen LogP contribution in [0, 0.1) is 80.5 Å². The van der Waals surface area contributed by atoms with Crippen molar-refractivity contribution in [2.75, 3.05) is 11.9 Å². The van der Waals surface area contributed by atoms with Crippen molar-refractivity contribution in [2.45, 2.75) is 293 Å². The highest BCUT2D eigenvalue weighted by atomic mass is 79.9. The van der Waals surface area contributed by atoms with Crippen molar-refractivity contribution in [2.24, 2.45) is 0 Å². The molecule has 0 atom stereocenters. The van der Waals surface area contributed by atoms with E-state index in [0.29, 0.717) is 66.5 Å². The average molecular weight is 1290 g/mol. The quantitative estimate of drug-likeness (QED) is 0.0631. The van der Waals surface area contributed by atoms with Crippen LogP contribution in [0.2, 0.25) is 66.5 Å². The molecular weight excluding hydrogens is 1170 g/mol. The summed E-state index contributed by atoms with van der Waals surface area (Å²) in [7, 11) is -7.32. The van der Waals surface area contributed by atoms with Gasteiger partial charge >= 0.3 is 0 Å². The number of benzene rings is 4. The molecule has 7 heteroatoms. The predicted molar refractivity (Wildman–Crippen MR) is 387 cm³/mol. The third-order valence-corrected chi connectivity index (χ3v) is 46.6. The Hall–Kier alpha value is -2.73. The van der Waals surface area contributed by atoms with E-state index in [0.717, 1.165) is 26.6 Å². The van der Waals surface area contributed by atoms with Crippen LogP contribution in [0.15, 0.2) is 33.2 Å². The predicted octanol–water partition coefficient (Wildman–Crippen LogP) is 24.6. The van der Waals surface area contributed by atoms with Crippen LogP contribution in [0.1, 0.15) is 242 Å². The largest absolute Gasteiger partial charge is 0.384 e. The summed E-state index contributed by atoms with van der Waals surface area (Å²) in [5.41, 5.74) is 35.6. The zero-order chi connectivity index (χ0) is 62.2. The molecule has 0 aromatic heterocycles. The minimum atomic E-state index is -1.86. The van der Waals surface area contributed by atoms with E-state index in [1.54, 1.807) is 0 Å². The molecule has 0 amide bonds. The lowest BCUT2D eigenvalue weighted by Crippen LogP contribution is -2.43. The first-order valence-corrected chi connectivity index (χ1v) is 42.3. The van der Waals surface area contributed by atoms with Gasteiger partial charge in [-0.05, 0) is 213 Å². The summed E-state index contributed by atoms with van der Waals surface area (Å²) in [6.45, 7) is 71.9. The summed E-state index contributed by atoms with van der Waals surface area (Å²) in [6, 6.07) is 9.36. The van der Waals surface area contributed by atoms with Gasteiger partial charge in [-0.2, -0.15) is 0 Å². The normalized spacial score (nSPS) is 12.6. The van der Waals surface area contributed by atoms with Gasteiger partial charge in [-0.15, -0.1) is 22.2 Å². The number of hydrogen-bond donors (Lipinski definition) is 1. The Balaban J connectivity index is 0.000000428. The topological polar surface area (TPSA) is 12.0 Å². The second-order valence-corrected chi connectivity index (χ2v) is 52.3. The summed E-state index contributed by atoms with van der Waals surface area (Å²) < 4.78 is 2.18. The average Bonchev–Trinajstić information content (AvgIpc) is 3.34. The summed E-state index contributed by atoms with van der Waals surface area (Å²) >= 11 is 7.85. The first kappa shape index (κ1) is 72.5. The number of aryl methyl sites for hydroxylation is 5. The third-order valence-electron chi connectivity index (χ3n) is 20.2. The van der Waals surface area contributed by atoms with Crippen LogP contribution in [0.5, 0.6) is 0 Å². The number of rotatable bonds is 17. The molecule has 4 aromatic rings. The first-order valence-electron chi connectivity index (χ1n) is 31.8. The molecule has 0 aliphatic heterocycles. The number of halogens is 2. The fraction of sp³-hybridized carbons (Fsp3) is 0.622. The molecule has 446 valence electrons. The SMILES string of the molecule is CCCCCNc1cc2c(C)c(C#C[Si](C(C)C)(C(C)C)C(C)C)c(C)cc2c(C)c1C#C[Si](C(C)C)(C(C)C)C(C)C.Cc1c(C#C[Si](C(C)C)(C(C)C)C(C)C)c(Br)cc2c(C)c(C#C[Si](C(C)C)(C(C)C)C(C)C)c(Br)cc12. The Bertz CT molecular complexity index is 2890. The monoisotopic (exact) mass is 1290 g/mol. The Labute approximate surface area is 521 Å². The lowest BCUT2D eigenvalue weighted by atomic mass is 9.90. The standard InChI is InChI=1S/C40H65NSi2.C34H50Br2Si2/c1-17-18-19-22-41-40-26-39-34(15)36(20-23-42(27(2)3,28(4)5)29(6)7)33(14)25-38(39)35(16)37(40)21-24-43(30(8)9,31(10)11)32(12)13;1-21(2)37(22(3)4,23(5)6)17-15-29-27(13)31-20-34(36)30(28(14)32(31)19-33(29)35)16-18-38(24(7)8,25(9)10)26(11)12/h25-32,41H,17-19,22H2,1-16H3;19-26H,1-14H3. The van der Waals surface area contributed by atoms with Crippen molar-refractivity contribution >= 4 is 91.4 Å². The van der Waals surface area contributed by atoms with Crippen LogP contribution in [0.3, 0.4) is 0 Å². The summed E-state index contributed by atoms with van der Waals surface area (Å²) in [4.78, 5) is 0. The van der Waals surface area contributed by atoms with Gasteiger partial charge in [0, 0.05) is 32.2 Å². The summed E-state index contributed by atoms with van der Waals surface area (Å²) in [5.74, 6) is 15.1. The fourth-order valence-corrected chi connectivity index (χ4v) is 37.7. The van der Waals surface area contributed by atoms with E-state index < -0.39 is 32.3 Å². The molecule has 4 rings (SSSR count). The van der Waals surface area contributed by atoms with Crippen molar-refractivity contribution in [1.82, 2.24) is 0 Å². The molecular formula is C74H115Br2NSi4. The maximum atomic E-state index is 4.04. The summed E-state index contributed by atoms with van der Waals surface area (Å²) in [5, 5.41) is 9.03. The van der Waals surface area contributed by atoms with Gasteiger partial charge in [0.15, 0.2) is 0 Å². The number of nitrogens with one attached hydrogen (secondary N) is 1. The molecule has 1 nitrogen and oxygen atoms in total. The maximum absolute atomic E-state index is 4.04. The van der Waals surface area contributed by atoms with Crippen LogP contribution in [-0.2, 0) is 0 Å². The maximum Gasteiger partial charge on any atom is 0.146 e. The molecule has 0 aliphatic carbocycles. The number of anilines is 1. The van der Waals surface area contributed by atoms with Crippen molar-refractivity contribution in [3.8, 4) is 45.9 Å². The number of hydrogen-bond acceptors (Lipinski definition) is 1. The van der Waals surface area contributed by atoms with Gasteiger partial charge in [0.25, 0.3) is 0 Å². The minimum absolute atomic E-state index is 0.616. The molecule has 0 heterocycles. The van der Waals surface area contributed by atoms with Crippen LogP contribution in [-0.4, -0.2) is 38.8 Å². The van der Waals surface area contributed by atoms with E-state index in [-0.39, 0.29) is 0 Å². The molecule has 4 aromatic carbocycles. The second kappa shape index (κ2) is 30.1. The van der Waals surface area contributed by atoms with E-state index in [2.05, 4.69) is 315 Å². The second-order valence-electron chi connectivity index (χ2n) is 28.2. The number of fused-ring (bicyclic) bond motifs is 2. The molecule has 0 fully saturated rings. The highest BCUT2D eigenvalue weighted by Crippen LogP contribution is 2.46. The van der Waals surface area contributed by atoms with Gasteiger partial charge in [-0.1, -0.05) is 210 Å². The lowest BCUT2D eigenvalue weighted by molar-refractivity contribution is 0.744. The zero-order valence-electron chi connectivity index (χ0n) is 57.3. The molecule has 0 saturated heterocycles. The molecule has 0 unspecified atom stereocenters. The van der Waals surface area contributed by atoms with E-state index in [9.17, 15) is 0 Å². The Morgan fingerprint density at radius 1 is 0.346 bits per heavy atom. The molecule has 0 bridgehead atoms. The molecule has 0 radical (unpaired) electrons. The molecule has 0 spiro atoms. The lowest BCUT2D eigenvalue weighted by Gasteiger charge is -2.38. The Morgan fingerprint density at radius 2 is 0.593 bits per heavy atom. The van der Waals surface area contributed by atoms with Gasteiger partial charge in [0.2, 0.25) is 0 Å². The highest BCUT2D eigenvalue weighted by Gasteiger charge is 2.45. The first-order chi connectivity index (χ1) is 37.5. The van der Waals surface area contributed by atoms with E-state index in [1.165, 1.54) is 85.4 Å². The van der Waals surface area contributed by atoms with Gasteiger partial charge in [0.1, 0.15) is 32.3 Å². The Kier molecular flexibility index (Phi) is 26.9. The molecule has 0 saturated carbocycles. The highest BCUT2D eigenvalue weighted by molar-refractivity contribution is 9.10. The zero-order valence-corrected chi connectivity index (χ0v) is 64.5. The third kappa shape index (κ3) is 14.9. The molecule has 0 aliphatic rings. The molecule has 1 N–H and O–H groups in total. The van der Waals surface area contributed by atoms with Gasteiger partial charge in [-0.25, -0.2) is 0 Å². The van der Waals surface area contributed by atoms with Gasteiger partial charge in [0.05, 0.1) is 11.3 Å². The Morgan fingerprint density at radius 3 is 0.889 bits per heavy atom. The van der Waals surface area contributed by atoms with Crippen LogP contribution < -0.4 is 5.32 Å². The smallest absolute Gasteiger partial charge is 0.146 e. The van der Waals surface area contributed by atoms with E-state index in [4.69, 9.17) is 0 Å². The number of unbranched alkanes of at least 4 members (excludes halogenated alkanes) is 2. The van der Waals surface area contributed by atoms with Crippen molar-refractivity contribution < 1.29 is 0 Å².